The Bertz CT molecular complexity index is 930. The van der Waals surface area contributed by atoms with Crippen LogP contribution in [0.3, 0.4) is 0 Å². The van der Waals surface area contributed by atoms with Gasteiger partial charge in [-0.3, -0.25) is 9.48 Å². The first-order valence-electron chi connectivity index (χ1n) is 9.64. The van der Waals surface area contributed by atoms with Crippen LogP contribution in [0.1, 0.15) is 37.2 Å². The molecule has 0 aliphatic carbocycles. The average molecular weight is 377 g/mol. The number of aromatic nitrogens is 4. The van der Waals surface area contributed by atoms with E-state index in [2.05, 4.69) is 41.2 Å². The molecule has 6 heteroatoms. The molecule has 0 saturated carbocycles. The number of nitrogens with zero attached hydrogens (tertiary/aromatic N) is 4. The smallest absolute Gasteiger partial charge is 0.224 e. The molecule has 6 nitrogen and oxygen atoms in total. The van der Waals surface area contributed by atoms with Gasteiger partial charge in [-0.25, -0.2) is 9.97 Å². The van der Waals surface area contributed by atoms with Crippen LogP contribution in [0.5, 0.6) is 0 Å². The second kappa shape index (κ2) is 8.78. The van der Waals surface area contributed by atoms with Gasteiger partial charge in [0.1, 0.15) is 0 Å². The van der Waals surface area contributed by atoms with Crippen molar-refractivity contribution in [1.82, 2.24) is 19.7 Å². The van der Waals surface area contributed by atoms with Crippen LogP contribution in [0.4, 0.5) is 5.69 Å². The quantitative estimate of drug-likeness (QED) is 0.670. The van der Waals surface area contributed by atoms with Gasteiger partial charge in [-0.2, -0.15) is 5.10 Å². The van der Waals surface area contributed by atoms with Crippen LogP contribution < -0.4 is 5.32 Å². The fourth-order valence-electron chi connectivity index (χ4n) is 3.21. The molecule has 0 fully saturated rings. The molecule has 0 aliphatic rings. The highest BCUT2D eigenvalue weighted by molar-refractivity contribution is 5.90. The van der Waals surface area contributed by atoms with Gasteiger partial charge >= 0.3 is 0 Å². The monoisotopic (exact) mass is 377 g/mol. The van der Waals surface area contributed by atoms with Crippen molar-refractivity contribution >= 4 is 11.6 Å². The predicted octanol–water partition coefficient (Wildman–Crippen LogP) is 4.18. The topological polar surface area (TPSA) is 72.7 Å². The van der Waals surface area contributed by atoms with Gasteiger partial charge in [0.2, 0.25) is 5.91 Å². The molecule has 0 spiro atoms. The molecule has 0 atom stereocenters. The third-order valence-electron chi connectivity index (χ3n) is 4.64. The Morgan fingerprint density at radius 1 is 1.11 bits per heavy atom. The van der Waals surface area contributed by atoms with Crippen LogP contribution in [0.25, 0.3) is 11.4 Å². The number of benzene rings is 1. The first-order valence-corrected chi connectivity index (χ1v) is 9.64. The molecule has 0 radical (unpaired) electrons. The lowest BCUT2D eigenvalue weighted by atomic mass is 10.1. The fraction of sp³-hybridized carbons (Fsp3) is 0.364. The summed E-state index contributed by atoms with van der Waals surface area (Å²) in [6, 6.07) is 9.76. The van der Waals surface area contributed by atoms with Crippen molar-refractivity contribution in [2.75, 3.05) is 5.32 Å². The number of nitrogens with one attached hydrogen (secondary N) is 1. The highest BCUT2D eigenvalue weighted by Crippen LogP contribution is 2.18. The summed E-state index contributed by atoms with van der Waals surface area (Å²) >= 11 is 0. The van der Waals surface area contributed by atoms with Crippen LogP contribution >= 0.6 is 0 Å². The second-order valence-electron chi connectivity index (χ2n) is 7.43. The van der Waals surface area contributed by atoms with Gasteiger partial charge in [-0.15, -0.1) is 0 Å². The van der Waals surface area contributed by atoms with Crippen LogP contribution in [-0.2, 0) is 17.8 Å². The fourth-order valence-corrected chi connectivity index (χ4v) is 3.21. The van der Waals surface area contributed by atoms with E-state index in [0.29, 0.717) is 30.3 Å². The Morgan fingerprint density at radius 2 is 1.79 bits per heavy atom. The molecule has 146 valence electrons. The van der Waals surface area contributed by atoms with Gasteiger partial charge < -0.3 is 5.32 Å². The number of hydrogen-bond donors (Lipinski definition) is 1. The molecular formula is C22H27N5O. The highest BCUT2D eigenvalue weighted by atomic mass is 16.1. The molecule has 0 bridgehead atoms. The van der Waals surface area contributed by atoms with Crippen molar-refractivity contribution in [3.8, 4) is 11.4 Å². The molecule has 3 rings (SSSR count). The first kappa shape index (κ1) is 19.7. The Labute approximate surface area is 166 Å². The third kappa shape index (κ3) is 4.82. The summed E-state index contributed by atoms with van der Waals surface area (Å²) < 4.78 is 2.05. The van der Waals surface area contributed by atoms with Crippen molar-refractivity contribution in [2.24, 2.45) is 5.92 Å². The summed E-state index contributed by atoms with van der Waals surface area (Å²) in [7, 11) is 0. The van der Waals surface area contributed by atoms with Gasteiger partial charge in [-0.1, -0.05) is 44.2 Å². The Hall–Kier alpha value is -3.02. The van der Waals surface area contributed by atoms with Crippen LogP contribution in [0, 0.1) is 19.8 Å². The maximum absolute atomic E-state index is 12.4. The van der Waals surface area contributed by atoms with Crippen LogP contribution in [0.15, 0.2) is 42.7 Å². The molecule has 1 aromatic carbocycles. The van der Waals surface area contributed by atoms with Crippen molar-refractivity contribution < 1.29 is 4.79 Å². The van der Waals surface area contributed by atoms with E-state index in [-0.39, 0.29) is 5.91 Å². The second-order valence-corrected chi connectivity index (χ2v) is 7.43. The number of carbonyl (C=O) groups is 1. The lowest BCUT2D eigenvalue weighted by Crippen LogP contribution is -2.13. The molecule has 0 unspecified atom stereocenters. The summed E-state index contributed by atoms with van der Waals surface area (Å²) in [5.74, 6) is 1.13. The van der Waals surface area contributed by atoms with E-state index in [9.17, 15) is 4.79 Å². The summed E-state index contributed by atoms with van der Waals surface area (Å²) in [4.78, 5) is 21.0. The standard InChI is InChI=1S/C22H27N5O/c1-15(2)14-27-17(4)20(16(3)26-27)10-11-21(28)25-19-12-23-22(24-13-19)18-8-6-5-7-9-18/h5-9,12-13,15H,10-11,14H2,1-4H3,(H,25,28). The molecule has 1 amide bonds. The third-order valence-corrected chi connectivity index (χ3v) is 4.64. The Morgan fingerprint density at radius 3 is 2.43 bits per heavy atom. The summed E-state index contributed by atoms with van der Waals surface area (Å²) in [5, 5.41) is 7.49. The summed E-state index contributed by atoms with van der Waals surface area (Å²) in [6.45, 7) is 9.33. The van der Waals surface area contributed by atoms with Crippen molar-refractivity contribution in [3.05, 3.63) is 59.7 Å². The molecule has 3 aromatic rings. The Balaban J connectivity index is 1.58. The number of rotatable bonds is 7. The van der Waals surface area contributed by atoms with Crippen LogP contribution in [0.2, 0.25) is 0 Å². The normalized spacial score (nSPS) is 11.0. The van der Waals surface area contributed by atoms with E-state index >= 15 is 0 Å². The zero-order valence-corrected chi connectivity index (χ0v) is 16.9. The Kier molecular flexibility index (Phi) is 6.19. The highest BCUT2D eigenvalue weighted by Gasteiger charge is 2.14. The molecule has 2 heterocycles. The average Bonchev–Trinajstić information content (AvgIpc) is 2.94. The largest absolute Gasteiger partial charge is 0.323 e. The van der Waals surface area contributed by atoms with Gasteiger partial charge in [0, 0.05) is 24.2 Å². The minimum Gasteiger partial charge on any atom is -0.323 e. The van der Waals surface area contributed by atoms with E-state index in [1.165, 1.54) is 0 Å². The number of aryl methyl sites for hydroxylation is 1. The minimum atomic E-state index is -0.0496. The molecule has 28 heavy (non-hydrogen) atoms. The maximum atomic E-state index is 12.4. The number of hydrogen-bond acceptors (Lipinski definition) is 4. The molecule has 0 saturated heterocycles. The number of amides is 1. The van der Waals surface area contributed by atoms with Gasteiger partial charge in [0.05, 0.1) is 23.8 Å². The SMILES string of the molecule is Cc1nn(CC(C)C)c(C)c1CCC(=O)Nc1cnc(-c2ccccc2)nc1. The zero-order valence-electron chi connectivity index (χ0n) is 16.9. The van der Waals surface area contributed by atoms with Gasteiger partial charge in [0.15, 0.2) is 5.82 Å². The summed E-state index contributed by atoms with van der Waals surface area (Å²) in [5.41, 5.74) is 4.86. The predicted molar refractivity (Wildman–Crippen MR) is 111 cm³/mol. The summed E-state index contributed by atoms with van der Waals surface area (Å²) in [6.07, 6.45) is 4.36. The number of anilines is 1. The van der Waals surface area contributed by atoms with E-state index in [4.69, 9.17) is 0 Å². The maximum Gasteiger partial charge on any atom is 0.224 e. The van der Waals surface area contributed by atoms with E-state index in [1.54, 1.807) is 12.4 Å². The van der Waals surface area contributed by atoms with Crippen molar-refractivity contribution in [1.29, 1.82) is 0 Å². The first-order chi connectivity index (χ1) is 13.4. The lowest BCUT2D eigenvalue weighted by Gasteiger charge is -2.08. The molecular weight excluding hydrogens is 350 g/mol. The molecule has 0 aliphatic heterocycles. The van der Waals surface area contributed by atoms with Crippen molar-refractivity contribution in [3.63, 3.8) is 0 Å². The van der Waals surface area contributed by atoms with E-state index in [0.717, 1.165) is 29.1 Å². The lowest BCUT2D eigenvalue weighted by molar-refractivity contribution is -0.116. The van der Waals surface area contributed by atoms with Crippen LogP contribution in [-0.4, -0.2) is 25.7 Å². The molecule has 1 N–H and O–H groups in total. The molecule has 2 aromatic heterocycles. The van der Waals surface area contributed by atoms with Gasteiger partial charge in [0.25, 0.3) is 0 Å². The minimum absolute atomic E-state index is 0.0496. The zero-order chi connectivity index (χ0) is 20.1. The number of carbonyl (C=O) groups excluding carboxylic acids is 1. The van der Waals surface area contributed by atoms with Crippen molar-refractivity contribution in [2.45, 2.75) is 47.1 Å². The van der Waals surface area contributed by atoms with E-state index < -0.39 is 0 Å². The van der Waals surface area contributed by atoms with Gasteiger partial charge in [-0.05, 0) is 31.7 Å². The van der Waals surface area contributed by atoms with E-state index in [1.807, 2.05) is 41.9 Å².